The summed E-state index contributed by atoms with van der Waals surface area (Å²) in [5.41, 5.74) is 5.58. The highest BCUT2D eigenvalue weighted by molar-refractivity contribution is 6.11. The Balaban J connectivity index is 1.83. The Morgan fingerprint density at radius 3 is 1.59 bits per heavy atom. The number of nitrogens with two attached hydrogens (primary N) is 1. The monoisotopic (exact) mass is 466 g/mol. The molecule has 0 aliphatic rings. The predicted octanol–water partition coefficient (Wildman–Crippen LogP) is 4.57. The van der Waals surface area contributed by atoms with E-state index in [2.05, 4.69) is 0 Å². The summed E-state index contributed by atoms with van der Waals surface area (Å²) < 4.78 is 10.3. The van der Waals surface area contributed by atoms with Gasteiger partial charge >= 0.3 is 12.2 Å². The van der Waals surface area contributed by atoms with Crippen LogP contribution in [0.1, 0.15) is 11.1 Å². The molecule has 174 valence electrons. The minimum absolute atomic E-state index is 0.0489. The van der Waals surface area contributed by atoms with Gasteiger partial charge in [-0.1, -0.05) is 36.4 Å². The fraction of sp³-hybridized carbons (Fsp3) is 0.0909. The van der Waals surface area contributed by atoms with Crippen LogP contribution in [0.5, 0.6) is 0 Å². The number of nitro benzene ring substituents is 2. The van der Waals surface area contributed by atoms with Crippen LogP contribution in [0.4, 0.5) is 32.3 Å². The molecule has 3 rings (SSSR count). The van der Waals surface area contributed by atoms with Gasteiger partial charge in [0.05, 0.1) is 32.3 Å². The van der Waals surface area contributed by atoms with E-state index in [1.54, 1.807) is 6.07 Å². The first-order valence-corrected chi connectivity index (χ1v) is 9.72. The molecule has 0 aliphatic carbocycles. The summed E-state index contributed by atoms with van der Waals surface area (Å²) >= 11 is 0. The average molecular weight is 466 g/mol. The number of rotatable bonds is 7. The second-order valence-corrected chi connectivity index (χ2v) is 6.78. The van der Waals surface area contributed by atoms with Crippen molar-refractivity contribution in [2.75, 3.05) is 10.6 Å². The van der Waals surface area contributed by atoms with Gasteiger partial charge in [0, 0.05) is 12.1 Å². The molecule has 0 fully saturated rings. The first kappa shape index (κ1) is 23.7. The zero-order chi connectivity index (χ0) is 24.7. The van der Waals surface area contributed by atoms with E-state index in [1.807, 2.05) is 0 Å². The molecule has 2 amide bonds. The number of ether oxygens (including phenoxy) is 2. The fourth-order valence-corrected chi connectivity index (χ4v) is 2.99. The lowest BCUT2D eigenvalue weighted by Gasteiger charge is -2.21. The van der Waals surface area contributed by atoms with Crippen molar-refractivity contribution < 1.29 is 28.9 Å². The van der Waals surface area contributed by atoms with Crippen molar-refractivity contribution >= 4 is 34.9 Å². The van der Waals surface area contributed by atoms with Crippen LogP contribution in [0.3, 0.4) is 0 Å². The Labute approximate surface area is 192 Å². The van der Waals surface area contributed by atoms with E-state index in [-0.39, 0.29) is 33.9 Å². The first-order valence-electron chi connectivity index (χ1n) is 9.72. The normalized spacial score (nSPS) is 10.2. The third-order valence-electron chi connectivity index (χ3n) is 4.62. The van der Waals surface area contributed by atoms with E-state index >= 15 is 0 Å². The molecule has 0 saturated heterocycles. The molecule has 0 unspecified atom stereocenters. The van der Waals surface area contributed by atoms with Crippen LogP contribution in [0.15, 0.2) is 72.8 Å². The molecule has 12 nitrogen and oxygen atoms in total. The molecule has 0 spiro atoms. The lowest BCUT2D eigenvalue weighted by Crippen LogP contribution is -2.38. The number of carbonyl (C=O) groups excluding carboxylic acids is 2. The molecule has 0 atom stereocenters. The maximum Gasteiger partial charge on any atom is 0.424 e. The van der Waals surface area contributed by atoms with Gasteiger partial charge in [0.15, 0.2) is 0 Å². The molecule has 12 heteroatoms. The number of para-hydroxylation sites is 4. The molecular formula is C22H18N4O8. The predicted molar refractivity (Wildman–Crippen MR) is 120 cm³/mol. The first-order chi connectivity index (χ1) is 16.3. The van der Waals surface area contributed by atoms with Gasteiger partial charge < -0.3 is 15.2 Å². The molecule has 2 N–H and O–H groups in total. The molecule has 0 bridgehead atoms. The average Bonchev–Trinajstić information content (AvgIpc) is 2.83. The Kier molecular flexibility index (Phi) is 7.34. The number of hydrogen-bond acceptors (Lipinski definition) is 9. The van der Waals surface area contributed by atoms with E-state index in [0.29, 0.717) is 4.90 Å². The van der Waals surface area contributed by atoms with Crippen LogP contribution < -0.4 is 10.6 Å². The lowest BCUT2D eigenvalue weighted by molar-refractivity contribution is -0.386. The van der Waals surface area contributed by atoms with Gasteiger partial charge in [-0.25, -0.2) is 9.59 Å². The summed E-state index contributed by atoms with van der Waals surface area (Å²) in [7, 11) is 0. The van der Waals surface area contributed by atoms with Crippen LogP contribution in [0, 0.1) is 20.2 Å². The Hall–Kier alpha value is -5.00. The second kappa shape index (κ2) is 10.5. The standard InChI is InChI=1S/C22H18N4O8/c23-17-9-3-6-12-20(17)24(21(27)33-13-15-7-1-4-10-18(15)25(29)30)22(28)34-14-16-8-2-5-11-19(16)26(31)32/h1-12H,13-14,23H2. The molecule has 34 heavy (non-hydrogen) atoms. The number of carbonyl (C=O) groups is 2. The van der Waals surface area contributed by atoms with E-state index in [1.165, 1.54) is 66.7 Å². The number of nitro groups is 2. The van der Waals surface area contributed by atoms with E-state index < -0.39 is 35.2 Å². The van der Waals surface area contributed by atoms with E-state index in [4.69, 9.17) is 15.2 Å². The molecule has 0 aromatic heterocycles. The van der Waals surface area contributed by atoms with Crippen molar-refractivity contribution in [1.82, 2.24) is 0 Å². The van der Waals surface area contributed by atoms with E-state index in [9.17, 15) is 29.8 Å². The highest BCUT2D eigenvalue weighted by Crippen LogP contribution is 2.26. The smallest absolute Gasteiger partial charge is 0.424 e. The van der Waals surface area contributed by atoms with Crippen molar-refractivity contribution in [3.8, 4) is 0 Å². The molecule has 0 aliphatic heterocycles. The lowest BCUT2D eigenvalue weighted by atomic mass is 10.2. The highest BCUT2D eigenvalue weighted by atomic mass is 16.6. The summed E-state index contributed by atoms with van der Waals surface area (Å²) in [5.74, 6) is 0. The van der Waals surface area contributed by atoms with Gasteiger partial charge in [0.25, 0.3) is 11.4 Å². The van der Waals surface area contributed by atoms with Crippen molar-refractivity contribution in [2.45, 2.75) is 13.2 Å². The van der Waals surface area contributed by atoms with Crippen LogP contribution in [-0.2, 0) is 22.7 Å². The minimum atomic E-state index is -1.20. The van der Waals surface area contributed by atoms with Crippen molar-refractivity contribution in [1.29, 1.82) is 0 Å². The molecule has 3 aromatic rings. The van der Waals surface area contributed by atoms with Gasteiger partial charge in [-0.3, -0.25) is 20.2 Å². The van der Waals surface area contributed by atoms with Gasteiger partial charge in [0.2, 0.25) is 0 Å². The highest BCUT2D eigenvalue weighted by Gasteiger charge is 2.29. The molecule has 0 radical (unpaired) electrons. The SMILES string of the molecule is Nc1ccccc1N(C(=O)OCc1ccccc1[N+](=O)[O-])C(=O)OCc1ccccc1[N+](=O)[O-]. The summed E-state index contributed by atoms with van der Waals surface area (Å²) in [5, 5.41) is 22.4. The number of nitrogen functional groups attached to an aromatic ring is 1. The summed E-state index contributed by atoms with van der Waals surface area (Å²) in [6.45, 7) is -1.01. The van der Waals surface area contributed by atoms with Crippen molar-refractivity contribution in [3.05, 3.63) is 104 Å². The second-order valence-electron chi connectivity index (χ2n) is 6.78. The quantitative estimate of drug-likeness (QED) is 0.298. The molecule has 0 heterocycles. The number of hydrogen-bond donors (Lipinski definition) is 1. The number of imide groups is 1. The van der Waals surface area contributed by atoms with Crippen LogP contribution in [-0.4, -0.2) is 22.0 Å². The number of benzene rings is 3. The number of amides is 2. The Morgan fingerprint density at radius 1 is 0.735 bits per heavy atom. The largest absolute Gasteiger partial charge is 0.444 e. The molecule has 0 saturated carbocycles. The topological polar surface area (TPSA) is 168 Å². The molecule has 3 aromatic carbocycles. The fourth-order valence-electron chi connectivity index (χ4n) is 2.99. The molecular weight excluding hydrogens is 448 g/mol. The number of nitrogens with zero attached hydrogens (tertiary/aromatic N) is 3. The van der Waals surface area contributed by atoms with Crippen LogP contribution in [0.2, 0.25) is 0 Å². The van der Waals surface area contributed by atoms with Crippen molar-refractivity contribution in [2.24, 2.45) is 0 Å². The third-order valence-corrected chi connectivity index (χ3v) is 4.62. The Bertz CT molecular complexity index is 1170. The Morgan fingerprint density at radius 2 is 1.15 bits per heavy atom. The number of anilines is 2. The maximum absolute atomic E-state index is 12.8. The zero-order valence-electron chi connectivity index (χ0n) is 17.5. The van der Waals surface area contributed by atoms with Crippen molar-refractivity contribution in [3.63, 3.8) is 0 Å². The van der Waals surface area contributed by atoms with Gasteiger partial charge in [-0.05, 0) is 24.3 Å². The van der Waals surface area contributed by atoms with Gasteiger partial charge in [-0.15, -0.1) is 0 Å². The summed E-state index contributed by atoms with van der Waals surface area (Å²) in [6, 6.07) is 17.2. The maximum atomic E-state index is 12.8. The van der Waals surface area contributed by atoms with Crippen LogP contribution in [0.25, 0.3) is 0 Å². The minimum Gasteiger partial charge on any atom is -0.444 e. The zero-order valence-corrected chi connectivity index (χ0v) is 17.5. The van der Waals surface area contributed by atoms with E-state index in [0.717, 1.165) is 0 Å². The summed E-state index contributed by atoms with van der Waals surface area (Å²) in [6.07, 6.45) is -2.41. The van der Waals surface area contributed by atoms with Gasteiger partial charge in [-0.2, -0.15) is 4.90 Å². The van der Waals surface area contributed by atoms with Crippen LogP contribution >= 0.6 is 0 Å². The summed E-state index contributed by atoms with van der Waals surface area (Å²) in [4.78, 5) is 47.3. The third kappa shape index (κ3) is 5.43. The van der Waals surface area contributed by atoms with Gasteiger partial charge in [0.1, 0.15) is 13.2 Å².